The van der Waals surface area contributed by atoms with Crippen molar-refractivity contribution in [1.29, 1.82) is 0 Å². The van der Waals surface area contributed by atoms with Crippen molar-refractivity contribution >= 4 is 28.3 Å². The van der Waals surface area contributed by atoms with Crippen molar-refractivity contribution in [3.05, 3.63) is 70.9 Å². The molecule has 0 amide bonds. The molecular weight excluding hydrogens is 318 g/mol. The molecule has 0 unspecified atom stereocenters. The molecule has 0 saturated carbocycles. The summed E-state index contributed by atoms with van der Waals surface area (Å²) in [6.45, 7) is 3.17. The van der Waals surface area contributed by atoms with Gasteiger partial charge in [0.05, 0.1) is 0 Å². The summed E-state index contributed by atoms with van der Waals surface area (Å²) in [4.78, 5) is 12.9. The minimum absolute atomic E-state index is 0.0511. The number of hydrogen-bond acceptors (Lipinski definition) is 1. The fraction of sp³-hybridized carbons (Fsp3) is 0.286. The molecule has 0 N–H and O–H groups in total. The van der Waals surface area contributed by atoms with Crippen LogP contribution >= 0.6 is 11.6 Å². The summed E-state index contributed by atoms with van der Waals surface area (Å²) in [7, 11) is 0. The molecule has 1 aromatic heterocycles. The first kappa shape index (κ1) is 16.8. The van der Waals surface area contributed by atoms with Crippen molar-refractivity contribution in [2.45, 2.75) is 39.2 Å². The normalized spacial score (nSPS) is 11.1. The van der Waals surface area contributed by atoms with Crippen LogP contribution < -0.4 is 0 Å². The van der Waals surface area contributed by atoms with Crippen LogP contribution in [0.2, 0.25) is 5.02 Å². The number of unbranched alkanes of at least 4 members (excludes halogenated alkanes) is 3. The van der Waals surface area contributed by atoms with Crippen LogP contribution in [0.4, 0.5) is 0 Å². The Kier molecular flexibility index (Phi) is 5.37. The Morgan fingerprint density at radius 1 is 1.00 bits per heavy atom. The Morgan fingerprint density at radius 2 is 1.75 bits per heavy atom. The van der Waals surface area contributed by atoms with E-state index >= 15 is 0 Å². The number of halogens is 1. The van der Waals surface area contributed by atoms with E-state index in [1.807, 2.05) is 24.4 Å². The molecule has 0 aliphatic heterocycles. The molecule has 3 rings (SSSR count). The number of aryl methyl sites for hydroxylation is 1. The van der Waals surface area contributed by atoms with Crippen molar-refractivity contribution in [1.82, 2.24) is 4.57 Å². The van der Waals surface area contributed by atoms with Crippen LogP contribution in [-0.2, 0) is 6.54 Å². The average molecular weight is 340 g/mol. The molecule has 2 nitrogen and oxygen atoms in total. The maximum absolute atomic E-state index is 12.9. The molecule has 0 fully saturated rings. The number of carbonyl (C=O) groups is 1. The third kappa shape index (κ3) is 3.54. The number of aromatic nitrogens is 1. The molecule has 124 valence electrons. The Balaban J connectivity index is 1.93. The van der Waals surface area contributed by atoms with Crippen LogP contribution in [0.25, 0.3) is 10.9 Å². The number of ketones is 1. The van der Waals surface area contributed by atoms with Crippen LogP contribution in [-0.4, -0.2) is 10.4 Å². The third-order valence-electron chi connectivity index (χ3n) is 4.39. The minimum atomic E-state index is 0.0511. The highest BCUT2D eigenvalue weighted by Gasteiger charge is 2.16. The summed E-state index contributed by atoms with van der Waals surface area (Å²) < 4.78 is 2.22. The van der Waals surface area contributed by atoms with Crippen LogP contribution in [0.3, 0.4) is 0 Å². The van der Waals surface area contributed by atoms with E-state index in [-0.39, 0.29) is 5.78 Å². The number of nitrogens with zero attached hydrogens (tertiary/aromatic N) is 1. The SMILES string of the molecule is CCCCCCn1cc(C(=O)c2ccc(Cl)cc2)c2ccccc21. The first-order chi connectivity index (χ1) is 11.7. The Morgan fingerprint density at radius 3 is 2.50 bits per heavy atom. The first-order valence-electron chi connectivity index (χ1n) is 8.59. The maximum atomic E-state index is 12.9. The van der Waals surface area contributed by atoms with Gasteiger partial charge in [0.1, 0.15) is 0 Å². The minimum Gasteiger partial charge on any atom is -0.347 e. The highest BCUT2D eigenvalue weighted by atomic mass is 35.5. The summed E-state index contributed by atoms with van der Waals surface area (Å²) in [6, 6.07) is 15.2. The van der Waals surface area contributed by atoms with Gasteiger partial charge >= 0.3 is 0 Å². The van der Waals surface area contributed by atoms with E-state index in [4.69, 9.17) is 11.6 Å². The van der Waals surface area contributed by atoms with Gasteiger partial charge in [-0.3, -0.25) is 4.79 Å². The van der Waals surface area contributed by atoms with Crippen LogP contribution in [0.1, 0.15) is 48.5 Å². The van der Waals surface area contributed by atoms with Gasteiger partial charge in [-0.25, -0.2) is 0 Å². The second kappa shape index (κ2) is 7.67. The molecule has 0 saturated heterocycles. The van der Waals surface area contributed by atoms with Crippen LogP contribution in [0, 0.1) is 0 Å². The number of para-hydroxylation sites is 1. The predicted molar refractivity (Wildman–Crippen MR) is 101 cm³/mol. The second-order valence-corrected chi connectivity index (χ2v) is 6.59. The van der Waals surface area contributed by atoms with E-state index in [0.29, 0.717) is 10.6 Å². The van der Waals surface area contributed by atoms with Crippen molar-refractivity contribution < 1.29 is 4.79 Å². The lowest BCUT2D eigenvalue weighted by Gasteiger charge is -2.04. The fourth-order valence-electron chi connectivity index (χ4n) is 3.08. The Bertz CT molecular complexity index is 833. The zero-order chi connectivity index (χ0) is 16.9. The third-order valence-corrected chi connectivity index (χ3v) is 4.64. The van der Waals surface area contributed by atoms with Gasteiger partial charge in [-0.1, -0.05) is 56.0 Å². The summed E-state index contributed by atoms with van der Waals surface area (Å²) in [5.74, 6) is 0.0511. The fourth-order valence-corrected chi connectivity index (χ4v) is 3.20. The first-order valence-corrected chi connectivity index (χ1v) is 8.96. The number of benzene rings is 2. The summed E-state index contributed by atoms with van der Waals surface area (Å²) in [5.41, 5.74) is 2.57. The highest BCUT2D eigenvalue weighted by Crippen LogP contribution is 2.25. The molecule has 3 heteroatoms. The molecule has 0 bridgehead atoms. The van der Waals surface area contributed by atoms with E-state index in [1.54, 1.807) is 24.3 Å². The molecule has 0 atom stereocenters. The monoisotopic (exact) mass is 339 g/mol. The van der Waals surface area contributed by atoms with Crippen LogP contribution in [0.15, 0.2) is 54.7 Å². The summed E-state index contributed by atoms with van der Waals surface area (Å²) in [5, 5.41) is 1.66. The van der Waals surface area contributed by atoms with Gasteiger partial charge in [0.25, 0.3) is 0 Å². The lowest BCUT2D eigenvalue weighted by molar-refractivity contribution is 0.104. The molecule has 0 aliphatic rings. The number of hydrogen-bond donors (Lipinski definition) is 0. The Labute approximate surface area is 148 Å². The lowest BCUT2D eigenvalue weighted by atomic mass is 10.0. The molecule has 24 heavy (non-hydrogen) atoms. The second-order valence-electron chi connectivity index (χ2n) is 6.15. The van der Waals surface area contributed by atoms with E-state index in [0.717, 1.165) is 29.4 Å². The average Bonchev–Trinajstić information content (AvgIpc) is 2.98. The topological polar surface area (TPSA) is 22.0 Å². The number of rotatable bonds is 7. The van der Waals surface area contributed by atoms with E-state index in [2.05, 4.69) is 17.6 Å². The molecule has 0 radical (unpaired) electrons. The van der Waals surface area contributed by atoms with Crippen molar-refractivity contribution in [3.63, 3.8) is 0 Å². The standard InChI is InChI=1S/C21H22ClNO/c1-2-3-4-7-14-23-15-19(18-8-5-6-9-20(18)23)21(24)16-10-12-17(22)13-11-16/h5-6,8-13,15H,2-4,7,14H2,1H3. The zero-order valence-electron chi connectivity index (χ0n) is 14.0. The van der Waals surface area contributed by atoms with Crippen molar-refractivity contribution in [2.24, 2.45) is 0 Å². The van der Waals surface area contributed by atoms with Crippen molar-refractivity contribution in [2.75, 3.05) is 0 Å². The Hall–Kier alpha value is -2.06. The quantitative estimate of drug-likeness (QED) is 0.376. The molecule has 1 heterocycles. The molecule has 0 spiro atoms. The van der Waals surface area contributed by atoms with E-state index < -0.39 is 0 Å². The van der Waals surface area contributed by atoms with Gasteiger partial charge in [0.2, 0.25) is 0 Å². The van der Waals surface area contributed by atoms with E-state index in [9.17, 15) is 4.79 Å². The zero-order valence-corrected chi connectivity index (χ0v) is 14.7. The largest absolute Gasteiger partial charge is 0.347 e. The van der Waals surface area contributed by atoms with Gasteiger partial charge < -0.3 is 4.57 Å². The van der Waals surface area contributed by atoms with Gasteiger partial charge in [-0.05, 0) is 36.8 Å². The number of carbonyl (C=O) groups excluding carboxylic acids is 1. The molecular formula is C21H22ClNO. The van der Waals surface area contributed by atoms with Gasteiger partial charge in [-0.15, -0.1) is 0 Å². The summed E-state index contributed by atoms with van der Waals surface area (Å²) in [6.07, 6.45) is 6.86. The predicted octanol–water partition coefficient (Wildman–Crippen LogP) is 6.11. The van der Waals surface area contributed by atoms with E-state index in [1.165, 1.54) is 19.3 Å². The highest BCUT2D eigenvalue weighted by molar-refractivity contribution is 6.30. The van der Waals surface area contributed by atoms with Crippen molar-refractivity contribution in [3.8, 4) is 0 Å². The van der Waals surface area contributed by atoms with Gasteiger partial charge in [-0.2, -0.15) is 0 Å². The van der Waals surface area contributed by atoms with Crippen LogP contribution in [0.5, 0.6) is 0 Å². The lowest BCUT2D eigenvalue weighted by Crippen LogP contribution is -2.01. The van der Waals surface area contributed by atoms with Gasteiger partial charge in [0.15, 0.2) is 5.78 Å². The summed E-state index contributed by atoms with van der Waals surface area (Å²) >= 11 is 5.93. The molecule has 2 aromatic carbocycles. The molecule has 3 aromatic rings. The smallest absolute Gasteiger partial charge is 0.195 e. The number of fused-ring (bicyclic) bond motifs is 1. The molecule has 0 aliphatic carbocycles. The van der Waals surface area contributed by atoms with Gasteiger partial charge in [0, 0.05) is 39.8 Å². The maximum Gasteiger partial charge on any atom is 0.195 e.